The number of nitro groups is 1. The van der Waals surface area contributed by atoms with Crippen LogP contribution in [0.1, 0.15) is 19.3 Å². The van der Waals surface area contributed by atoms with E-state index in [1.165, 1.54) is 37.9 Å². The molecule has 0 bridgehead atoms. The summed E-state index contributed by atoms with van der Waals surface area (Å²) in [5, 5.41) is 14.1. The molecular weight excluding hydrogens is 280 g/mol. The maximum absolute atomic E-state index is 10.8. The number of nitrogens with one attached hydrogen (secondary N) is 1. The van der Waals surface area contributed by atoms with Gasteiger partial charge in [-0.3, -0.25) is 10.1 Å². The van der Waals surface area contributed by atoms with Gasteiger partial charge in [-0.2, -0.15) is 0 Å². The zero-order valence-electron chi connectivity index (χ0n) is 11.1. The molecule has 2 heterocycles. The maximum Gasteiger partial charge on any atom is 0.276 e. The molecule has 1 aromatic rings. The minimum Gasteiger partial charge on any atom is -0.369 e. The van der Waals surface area contributed by atoms with Crippen molar-refractivity contribution in [3.8, 4) is 0 Å². The highest BCUT2D eigenvalue weighted by Gasteiger charge is 2.34. The number of halogens is 1. The summed E-state index contributed by atoms with van der Waals surface area (Å²) in [6.07, 6.45) is 3.84. The molecular formula is C13H17ClN4O2. The number of aromatic nitrogens is 1. The SMILES string of the molecule is O=[N+]([O-])c1cc(Cl)nc(NCC2CCN(C3CC3)C2)c1. The molecule has 1 aromatic heterocycles. The van der Waals surface area contributed by atoms with Gasteiger partial charge in [0.2, 0.25) is 0 Å². The van der Waals surface area contributed by atoms with E-state index in [4.69, 9.17) is 11.6 Å². The minimum atomic E-state index is -0.455. The van der Waals surface area contributed by atoms with Crippen LogP contribution in [-0.2, 0) is 0 Å². The summed E-state index contributed by atoms with van der Waals surface area (Å²) in [7, 11) is 0. The number of nitrogens with zero attached hydrogens (tertiary/aromatic N) is 3. The zero-order chi connectivity index (χ0) is 14.1. The average molecular weight is 297 g/mol. The molecule has 20 heavy (non-hydrogen) atoms. The zero-order valence-corrected chi connectivity index (χ0v) is 11.8. The van der Waals surface area contributed by atoms with Gasteiger partial charge >= 0.3 is 0 Å². The van der Waals surface area contributed by atoms with E-state index in [0.29, 0.717) is 11.7 Å². The van der Waals surface area contributed by atoms with Crippen LogP contribution in [0.3, 0.4) is 0 Å². The molecule has 1 atom stereocenters. The van der Waals surface area contributed by atoms with Crippen LogP contribution < -0.4 is 5.32 Å². The second-order valence-corrected chi connectivity index (χ2v) is 5.94. The van der Waals surface area contributed by atoms with E-state index in [1.54, 1.807) is 0 Å². The van der Waals surface area contributed by atoms with Crippen molar-refractivity contribution in [1.29, 1.82) is 0 Å². The molecule has 6 nitrogen and oxygen atoms in total. The Morgan fingerprint density at radius 1 is 1.45 bits per heavy atom. The lowest BCUT2D eigenvalue weighted by molar-refractivity contribution is -0.384. The van der Waals surface area contributed by atoms with Gasteiger partial charge in [0.1, 0.15) is 11.0 Å². The van der Waals surface area contributed by atoms with Gasteiger partial charge in [0.05, 0.1) is 17.1 Å². The van der Waals surface area contributed by atoms with E-state index >= 15 is 0 Å². The molecule has 7 heteroatoms. The Bertz CT molecular complexity index is 521. The van der Waals surface area contributed by atoms with Crippen molar-refractivity contribution in [2.24, 2.45) is 5.92 Å². The molecule has 1 saturated carbocycles. The molecule has 0 aromatic carbocycles. The molecule has 1 unspecified atom stereocenters. The van der Waals surface area contributed by atoms with Gasteiger partial charge < -0.3 is 10.2 Å². The van der Waals surface area contributed by atoms with Crippen molar-refractivity contribution in [2.45, 2.75) is 25.3 Å². The molecule has 1 aliphatic heterocycles. The van der Waals surface area contributed by atoms with E-state index in [1.807, 2.05) is 0 Å². The number of likely N-dealkylation sites (tertiary alicyclic amines) is 1. The summed E-state index contributed by atoms with van der Waals surface area (Å²) >= 11 is 5.80. The third-order valence-electron chi connectivity index (χ3n) is 3.94. The molecule has 108 valence electrons. The standard InChI is InChI=1S/C13H17ClN4O2/c14-12-5-11(18(19)20)6-13(16-12)15-7-9-3-4-17(8-9)10-1-2-10/h5-6,9-10H,1-4,7-8H2,(H,15,16). The summed E-state index contributed by atoms with van der Waals surface area (Å²) in [5.74, 6) is 1.06. The Morgan fingerprint density at radius 2 is 2.25 bits per heavy atom. The quantitative estimate of drug-likeness (QED) is 0.513. The van der Waals surface area contributed by atoms with E-state index in [2.05, 4.69) is 15.2 Å². The van der Waals surface area contributed by atoms with Crippen LogP contribution in [0.4, 0.5) is 11.5 Å². The van der Waals surface area contributed by atoms with Crippen molar-refractivity contribution >= 4 is 23.1 Å². The number of rotatable bonds is 5. The molecule has 1 aliphatic carbocycles. The lowest BCUT2D eigenvalue weighted by atomic mass is 10.1. The molecule has 0 radical (unpaired) electrons. The predicted molar refractivity (Wildman–Crippen MR) is 77.1 cm³/mol. The van der Waals surface area contributed by atoms with Gasteiger partial charge in [-0.25, -0.2) is 4.98 Å². The Kier molecular flexibility index (Phi) is 3.76. The van der Waals surface area contributed by atoms with Crippen LogP contribution in [0.15, 0.2) is 12.1 Å². The fourth-order valence-electron chi connectivity index (χ4n) is 2.73. The third-order valence-corrected chi connectivity index (χ3v) is 4.14. The van der Waals surface area contributed by atoms with Crippen LogP contribution in [0, 0.1) is 16.0 Å². The van der Waals surface area contributed by atoms with Gasteiger partial charge in [0.25, 0.3) is 5.69 Å². The van der Waals surface area contributed by atoms with Crippen molar-refractivity contribution in [3.05, 3.63) is 27.4 Å². The van der Waals surface area contributed by atoms with Crippen LogP contribution in [0.2, 0.25) is 5.15 Å². The van der Waals surface area contributed by atoms with Gasteiger partial charge in [-0.05, 0) is 31.7 Å². The molecule has 2 aliphatic rings. The Morgan fingerprint density at radius 3 is 2.95 bits per heavy atom. The van der Waals surface area contributed by atoms with Crippen molar-refractivity contribution < 1.29 is 4.92 Å². The summed E-state index contributed by atoms with van der Waals surface area (Å²) in [6, 6.07) is 3.50. The van der Waals surface area contributed by atoms with Gasteiger partial charge in [0.15, 0.2) is 0 Å². The van der Waals surface area contributed by atoms with E-state index in [0.717, 1.165) is 19.1 Å². The summed E-state index contributed by atoms with van der Waals surface area (Å²) in [5.41, 5.74) is -0.0291. The molecule has 0 amide bonds. The molecule has 2 fully saturated rings. The fourth-order valence-corrected chi connectivity index (χ4v) is 2.93. The number of anilines is 1. The normalized spacial score (nSPS) is 22.9. The first-order valence-corrected chi connectivity index (χ1v) is 7.29. The lowest BCUT2D eigenvalue weighted by Crippen LogP contribution is -2.24. The summed E-state index contributed by atoms with van der Waals surface area (Å²) in [6.45, 7) is 3.06. The number of pyridine rings is 1. The molecule has 3 rings (SSSR count). The number of hydrogen-bond acceptors (Lipinski definition) is 5. The van der Waals surface area contributed by atoms with E-state index < -0.39 is 4.92 Å². The van der Waals surface area contributed by atoms with Gasteiger partial charge in [-0.1, -0.05) is 11.6 Å². The molecule has 1 N–H and O–H groups in total. The molecule has 0 spiro atoms. The van der Waals surface area contributed by atoms with Crippen molar-refractivity contribution in [2.75, 3.05) is 25.0 Å². The summed E-state index contributed by atoms with van der Waals surface area (Å²) in [4.78, 5) is 16.9. The highest BCUT2D eigenvalue weighted by molar-refractivity contribution is 6.29. The van der Waals surface area contributed by atoms with Crippen LogP contribution >= 0.6 is 11.6 Å². The predicted octanol–water partition coefficient (Wildman–Crippen LogP) is 2.54. The second-order valence-electron chi connectivity index (χ2n) is 5.55. The monoisotopic (exact) mass is 296 g/mol. The molecule has 1 saturated heterocycles. The first-order valence-electron chi connectivity index (χ1n) is 6.92. The van der Waals surface area contributed by atoms with Crippen LogP contribution in [0.5, 0.6) is 0 Å². The Labute approximate surface area is 122 Å². The van der Waals surface area contributed by atoms with Crippen LogP contribution in [0.25, 0.3) is 0 Å². The highest BCUT2D eigenvalue weighted by atomic mass is 35.5. The largest absolute Gasteiger partial charge is 0.369 e. The maximum atomic E-state index is 10.8. The van der Waals surface area contributed by atoms with Crippen molar-refractivity contribution in [3.63, 3.8) is 0 Å². The van der Waals surface area contributed by atoms with Gasteiger partial charge in [-0.15, -0.1) is 0 Å². The smallest absolute Gasteiger partial charge is 0.276 e. The van der Waals surface area contributed by atoms with Crippen LogP contribution in [-0.4, -0.2) is 40.5 Å². The third kappa shape index (κ3) is 3.19. The minimum absolute atomic E-state index is 0.0291. The average Bonchev–Trinajstić information content (AvgIpc) is 3.15. The fraction of sp³-hybridized carbons (Fsp3) is 0.615. The van der Waals surface area contributed by atoms with Crippen molar-refractivity contribution in [1.82, 2.24) is 9.88 Å². The van der Waals surface area contributed by atoms with E-state index in [9.17, 15) is 10.1 Å². The van der Waals surface area contributed by atoms with E-state index in [-0.39, 0.29) is 10.8 Å². The topological polar surface area (TPSA) is 71.3 Å². The van der Waals surface area contributed by atoms with Gasteiger partial charge in [0, 0.05) is 19.1 Å². The summed E-state index contributed by atoms with van der Waals surface area (Å²) < 4.78 is 0. The lowest BCUT2D eigenvalue weighted by Gasteiger charge is -2.15. The first-order chi connectivity index (χ1) is 9.61. The highest BCUT2D eigenvalue weighted by Crippen LogP contribution is 2.31. The Hall–Kier alpha value is -1.40. The number of hydrogen-bond donors (Lipinski definition) is 1. The second kappa shape index (κ2) is 5.54. The Balaban J connectivity index is 1.56. The first kappa shape index (κ1) is 13.6.